The van der Waals surface area contributed by atoms with Crippen molar-refractivity contribution in [3.05, 3.63) is 193 Å². The molecule has 240 valence electrons. The molecule has 8 aromatic carbocycles. The molecule has 4 nitrogen and oxygen atoms in total. The van der Waals surface area contributed by atoms with Crippen molar-refractivity contribution in [1.29, 1.82) is 0 Å². The lowest BCUT2D eigenvalue weighted by atomic mass is 9.95. The van der Waals surface area contributed by atoms with Crippen LogP contribution < -0.4 is 5.32 Å². The van der Waals surface area contributed by atoms with E-state index in [0.29, 0.717) is 5.84 Å². The molecule has 0 bridgehead atoms. The average Bonchev–Trinajstić information content (AvgIpc) is 3.59. The van der Waals surface area contributed by atoms with Crippen LogP contribution in [0.5, 0.6) is 0 Å². The molecule has 1 atom stereocenters. The lowest BCUT2D eigenvalue weighted by Gasteiger charge is -2.24. The first-order valence-corrected chi connectivity index (χ1v) is 17.3. The van der Waals surface area contributed by atoms with E-state index < -0.39 is 0 Å². The monoisotopic (exact) mass is 653 g/mol. The predicted molar refractivity (Wildman–Crippen MR) is 211 cm³/mol. The lowest BCUT2D eigenvalue weighted by Crippen LogP contribution is -2.33. The molecule has 10 rings (SSSR count). The van der Waals surface area contributed by atoms with Gasteiger partial charge in [0.15, 0.2) is 5.84 Å². The third-order valence-electron chi connectivity index (χ3n) is 9.92. The fourth-order valence-corrected chi connectivity index (χ4v) is 7.47. The van der Waals surface area contributed by atoms with E-state index in [-0.39, 0.29) is 6.17 Å². The van der Waals surface area contributed by atoms with Gasteiger partial charge in [0, 0.05) is 21.9 Å². The van der Waals surface area contributed by atoms with E-state index in [4.69, 9.17) is 14.4 Å². The standard InChI is InChI=1S/C47H31N3O/c1-3-13-30(14-4-1)32-25-26-42-41(28-32)44-37(23-12-24-43(44)51-42)33-18-11-19-35(27-33)46-48-45(31-15-5-2-6-16-31)49-47(50-46)40-29-34-17-7-8-20-36(34)38-21-9-10-22-39(38)40/h1-29,45H,(H,48,49,50). The van der Waals surface area contributed by atoms with Gasteiger partial charge in [0.1, 0.15) is 23.2 Å². The minimum absolute atomic E-state index is 0.305. The van der Waals surface area contributed by atoms with Crippen LogP contribution in [0.4, 0.5) is 0 Å². The Labute approximate surface area is 295 Å². The van der Waals surface area contributed by atoms with E-state index in [1.54, 1.807) is 0 Å². The molecular formula is C47H31N3O. The van der Waals surface area contributed by atoms with Crippen molar-refractivity contribution in [2.75, 3.05) is 0 Å². The molecule has 0 aliphatic carbocycles. The third kappa shape index (κ3) is 5.08. The second-order valence-electron chi connectivity index (χ2n) is 13.0. The first kappa shape index (κ1) is 29.2. The quantitative estimate of drug-likeness (QED) is 0.188. The minimum Gasteiger partial charge on any atom is -0.456 e. The number of hydrogen-bond acceptors (Lipinski definition) is 4. The normalized spacial score (nSPS) is 14.5. The van der Waals surface area contributed by atoms with Crippen molar-refractivity contribution in [2.45, 2.75) is 6.17 Å². The summed E-state index contributed by atoms with van der Waals surface area (Å²) in [4.78, 5) is 10.5. The zero-order valence-corrected chi connectivity index (χ0v) is 27.6. The topological polar surface area (TPSA) is 49.9 Å². The van der Waals surface area contributed by atoms with Crippen LogP contribution in [-0.4, -0.2) is 11.7 Å². The largest absolute Gasteiger partial charge is 0.456 e. The van der Waals surface area contributed by atoms with Gasteiger partial charge in [-0.1, -0.05) is 146 Å². The molecule has 1 aliphatic heterocycles. The smallest absolute Gasteiger partial charge is 0.160 e. The van der Waals surface area contributed by atoms with Crippen LogP contribution in [0.2, 0.25) is 0 Å². The van der Waals surface area contributed by atoms with E-state index in [2.05, 4.69) is 169 Å². The van der Waals surface area contributed by atoms with Crippen molar-refractivity contribution < 1.29 is 4.42 Å². The van der Waals surface area contributed by atoms with E-state index >= 15 is 0 Å². The first-order valence-electron chi connectivity index (χ1n) is 17.3. The second-order valence-corrected chi connectivity index (χ2v) is 13.0. The van der Waals surface area contributed by atoms with Crippen molar-refractivity contribution in [3.8, 4) is 22.3 Å². The van der Waals surface area contributed by atoms with Gasteiger partial charge in [-0.3, -0.25) is 0 Å². The highest BCUT2D eigenvalue weighted by Crippen LogP contribution is 2.39. The Kier molecular flexibility index (Phi) is 6.85. The fraction of sp³-hybridized carbons (Fsp3) is 0.0213. The fourth-order valence-electron chi connectivity index (χ4n) is 7.47. The molecule has 1 N–H and O–H groups in total. The van der Waals surface area contributed by atoms with Gasteiger partial charge in [0.05, 0.1) is 0 Å². The van der Waals surface area contributed by atoms with Gasteiger partial charge in [-0.2, -0.15) is 0 Å². The highest BCUT2D eigenvalue weighted by atomic mass is 16.3. The predicted octanol–water partition coefficient (Wildman–Crippen LogP) is 11.7. The van der Waals surface area contributed by atoms with Gasteiger partial charge in [-0.25, -0.2) is 9.98 Å². The van der Waals surface area contributed by atoms with Gasteiger partial charge in [-0.15, -0.1) is 0 Å². The summed E-state index contributed by atoms with van der Waals surface area (Å²) in [6.45, 7) is 0. The average molecular weight is 654 g/mol. The molecule has 0 amide bonds. The van der Waals surface area contributed by atoms with Crippen molar-refractivity contribution in [3.63, 3.8) is 0 Å². The Morgan fingerprint density at radius 2 is 1.16 bits per heavy atom. The van der Waals surface area contributed by atoms with E-state index in [1.165, 1.54) is 21.7 Å². The summed E-state index contributed by atoms with van der Waals surface area (Å²) >= 11 is 0. The first-order chi connectivity index (χ1) is 25.3. The molecular weight excluding hydrogens is 623 g/mol. The maximum atomic E-state index is 6.39. The Balaban J connectivity index is 1.13. The molecule has 1 aromatic heterocycles. The zero-order valence-electron chi connectivity index (χ0n) is 27.6. The number of aliphatic imine (C=N–C) groups is 2. The SMILES string of the molecule is c1ccc(-c2ccc3oc4cccc(-c5cccc(C6=NC(c7cc8ccccc8c8ccccc78)=NC(c7ccccc7)N6)c5)c4c3c2)cc1. The van der Waals surface area contributed by atoms with E-state index in [0.717, 1.165) is 66.5 Å². The summed E-state index contributed by atoms with van der Waals surface area (Å²) in [5, 5.41) is 10.6. The number of benzene rings is 8. The van der Waals surface area contributed by atoms with Gasteiger partial charge < -0.3 is 9.73 Å². The highest BCUT2D eigenvalue weighted by molar-refractivity contribution is 6.22. The van der Waals surface area contributed by atoms with Crippen LogP contribution in [0.3, 0.4) is 0 Å². The zero-order chi connectivity index (χ0) is 33.7. The number of amidine groups is 2. The lowest BCUT2D eigenvalue weighted by molar-refractivity contribution is 0.669. The summed E-state index contributed by atoms with van der Waals surface area (Å²) in [7, 11) is 0. The van der Waals surface area contributed by atoms with Crippen LogP contribution in [0.1, 0.15) is 22.9 Å². The van der Waals surface area contributed by atoms with Crippen LogP contribution >= 0.6 is 0 Å². The Morgan fingerprint density at radius 1 is 0.451 bits per heavy atom. The Morgan fingerprint density at radius 3 is 2.02 bits per heavy atom. The number of nitrogens with one attached hydrogen (secondary N) is 1. The summed E-state index contributed by atoms with van der Waals surface area (Å²) in [5.74, 6) is 1.49. The minimum atomic E-state index is -0.305. The maximum Gasteiger partial charge on any atom is 0.160 e. The van der Waals surface area contributed by atoms with E-state index in [9.17, 15) is 0 Å². The summed E-state index contributed by atoms with van der Waals surface area (Å²) in [6.07, 6.45) is -0.305. The summed E-state index contributed by atoms with van der Waals surface area (Å²) in [5.41, 5.74) is 9.37. The van der Waals surface area contributed by atoms with Crippen molar-refractivity contribution >= 4 is 55.2 Å². The van der Waals surface area contributed by atoms with Gasteiger partial charge >= 0.3 is 0 Å². The molecule has 0 spiro atoms. The number of hydrogen-bond donors (Lipinski definition) is 1. The molecule has 0 radical (unpaired) electrons. The van der Waals surface area contributed by atoms with Crippen LogP contribution in [0.15, 0.2) is 190 Å². The Bertz CT molecular complexity index is 2830. The molecule has 1 unspecified atom stereocenters. The molecule has 4 heteroatoms. The molecule has 9 aromatic rings. The van der Waals surface area contributed by atoms with Gasteiger partial charge in [-0.05, 0) is 79.7 Å². The Hall–Kier alpha value is -6.78. The number of nitrogens with zero attached hydrogens (tertiary/aromatic N) is 2. The summed E-state index contributed by atoms with van der Waals surface area (Å²) < 4.78 is 6.39. The molecule has 2 heterocycles. The van der Waals surface area contributed by atoms with Gasteiger partial charge in [0.2, 0.25) is 0 Å². The third-order valence-corrected chi connectivity index (χ3v) is 9.92. The molecule has 51 heavy (non-hydrogen) atoms. The van der Waals surface area contributed by atoms with Crippen molar-refractivity contribution in [1.82, 2.24) is 5.32 Å². The molecule has 0 fully saturated rings. The number of fused-ring (bicyclic) bond motifs is 6. The molecule has 1 aliphatic rings. The summed E-state index contributed by atoms with van der Waals surface area (Å²) in [6, 6.07) is 61.6. The molecule has 0 saturated carbocycles. The number of rotatable bonds is 5. The van der Waals surface area contributed by atoms with Crippen LogP contribution in [0.25, 0.3) is 65.7 Å². The second kappa shape index (κ2) is 12.0. The van der Waals surface area contributed by atoms with Crippen LogP contribution in [-0.2, 0) is 0 Å². The maximum absolute atomic E-state index is 6.39. The van der Waals surface area contributed by atoms with Gasteiger partial charge in [0.25, 0.3) is 0 Å². The van der Waals surface area contributed by atoms with E-state index in [1.807, 2.05) is 12.1 Å². The van der Waals surface area contributed by atoms with Crippen LogP contribution in [0, 0.1) is 0 Å². The number of furan rings is 1. The highest BCUT2D eigenvalue weighted by Gasteiger charge is 2.23. The molecule has 0 saturated heterocycles. The van der Waals surface area contributed by atoms with Crippen molar-refractivity contribution in [2.24, 2.45) is 9.98 Å².